The fourth-order valence-electron chi connectivity index (χ4n) is 2.45. The molecule has 3 heteroatoms. The van der Waals surface area contributed by atoms with Gasteiger partial charge in [0.25, 0.3) is 0 Å². The largest absolute Gasteiger partial charge is 0.392 e. The Morgan fingerprint density at radius 2 is 1.96 bits per heavy atom. The first-order valence-corrected chi connectivity index (χ1v) is 8.80. The van der Waals surface area contributed by atoms with E-state index in [9.17, 15) is 5.11 Å². The summed E-state index contributed by atoms with van der Waals surface area (Å²) in [4.78, 5) is 4.66. The molecule has 1 rings (SSSR count). The third-order valence-electron chi connectivity index (χ3n) is 3.88. The molecule has 1 N–H and O–H groups in total. The molecule has 0 saturated carbocycles. The van der Waals surface area contributed by atoms with E-state index in [1.807, 2.05) is 6.08 Å². The van der Waals surface area contributed by atoms with Gasteiger partial charge in [0.2, 0.25) is 0 Å². The summed E-state index contributed by atoms with van der Waals surface area (Å²) in [6, 6.07) is 6.39. The SMILES string of the molecule is C=C(/C=C\C(C)(C)C)C(=N[C@@H](CO)OC)c1cc(C)ccc1C(C)C. The zero-order chi connectivity index (χ0) is 19.2. The summed E-state index contributed by atoms with van der Waals surface area (Å²) in [5.74, 6) is 0.357. The van der Waals surface area contributed by atoms with E-state index in [1.54, 1.807) is 7.11 Å². The van der Waals surface area contributed by atoms with E-state index in [0.29, 0.717) is 5.92 Å². The van der Waals surface area contributed by atoms with E-state index in [0.717, 1.165) is 22.4 Å². The van der Waals surface area contributed by atoms with Crippen LogP contribution in [0.3, 0.4) is 0 Å². The third kappa shape index (κ3) is 6.60. The lowest BCUT2D eigenvalue weighted by Gasteiger charge is -2.19. The molecule has 0 spiro atoms. The standard InChI is InChI=1S/C22H33NO2/c1-15(2)18-10-9-16(3)13-19(18)21(23-20(14-24)25-8)17(4)11-12-22(5,6)7/h9-13,15,20,24H,4,14H2,1-3,5-8H3/b12-11-,23-21?/t20-/m1/s1. The van der Waals surface area contributed by atoms with Gasteiger partial charge < -0.3 is 9.84 Å². The Labute approximate surface area is 153 Å². The van der Waals surface area contributed by atoms with Crippen LogP contribution < -0.4 is 0 Å². The number of rotatable bonds is 7. The zero-order valence-corrected chi connectivity index (χ0v) is 16.8. The van der Waals surface area contributed by atoms with Crippen molar-refractivity contribution in [1.29, 1.82) is 0 Å². The molecule has 0 saturated heterocycles. The topological polar surface area (TPSA) is 41.8 Å². The minimum Gasteiger partial charge on any atom is -0.392 e. The molecule has 0 heterocycles. The molecular weight excluding hydrogens is 310 g/mol. The highest BCUT2D eigenvalue weighted by Gasteiger charge is 2.17. The first-order chi connectivity index (χ1) is 11.6. The smallest absolute Gasteiger partial charge is 0.171 e. The van der Waals surface area contributed by atoms with Crippen molar-refractivity contribution in [2.75, 3.05) is 13.7 Å². The number of ether oxygens (including phenoxy) is 1. The molecule has 25 heavy (non-hydrogen) atoms. The molecule has 0 aliphatic carbocycles. The summed E-state index contributed by atoms with van der Waals surface area (Å²) in [6.45, 7) is 16.9. The highest BCUT2D eigenvalue weighted by atomic mass is 16.5. The quantitative estimate of drug-likeness (QED) is 0.557. The number of hydrogen-bond acceptors (Lipinski definition) is 3. The molecule has 0 unspecified atom stereocenters. The number of nitrogens with zero attached hydrogens (tertiary/aromatic N) is 1. The predicted molar refractivity (Wildman–Crippen MR) is 107 cm³/mol. The first-order valence-electron chi connectivity index (χ1n) is 8.80. The van der Waals surface area contributed by atoms with E-state index >= 15 is 0 Å². The Morgan fingerprint density at radius 3 is 2.44 bits per heavy atom. The van der Waals surface area contributed by atoms with Gasteiger partial charge >= 0.3 is 0 Å². The molecule has 1 aromatic rings. The monoisotopic (exact) mass is 343 g/mol. The van der Waals surface area contributed by atoms with Crippen LogP contribution in [0.15, 0.2) is 47.5 Å². The number of aliphatic hydroxyl groups is 1. The number of aliphatic hydroxyl groups excluding tert-OH is 1. The summed E-state index contributed by atoms with van der Waals surface area (Å²) >= 11 is 0. The number of benzene rings is 1. The van der Waals surface area contributed by atoms with Gasteiger partial charge in [-0.1, -0.05) is 71.0 Å². The van der Waals surface area contributed by atoms with Gasteiger partial charge in [-0.05, 0) is 35.5 Å². The molecule has 0 aliphatic rings. The lowest BCUT2D eigenvalue weighted by molar-refractivity contribution is 0.0557. The summed E-state index contributed by atoms with van der Waals surface area (Å²) in [7, 11) is 1.55. The molecule has 1 aromatic carbocycles. The van der Waals surface area contributed by atoms with Crippen molar-refractivity contribution in [3.8, 4) is 0 Å². The molecule has 0 bridgehead atoms. The molecule has 0 aromatic heterocycles. The molecule has 3 nitrogen and oxygen atoms in total. The second-order valence-electron chi connectivity index (χ2n) is 7.82. The van der Waals surface area contributed by atoms with Gasteiger partial charge in [-0.25, -0.2) is 0 Å². The lowest BCUT2D eigenvalue weighted by atomic mass is 9.89. The summed E-state index contributed by atoms with van der Waals surface area (Å²) in [6.07, 6.45) is 3.53. The van der Waals surface area contributed by atoms with Crippen molar-refractivity contribution in [3.63, 3.8) is 0 Å². The lowest BCUT2D eigenvalue weighted by Crippen LogP contribution is -2.18. The van der Waals surface area contributed by atoms with Gasteiger partial charge in [-0.15, -0.1) is 0 Å². The van der Waals surface area contributed by atoms with Crippen LogP contribution in [-0.2, 0) is 4.74 Å². The number of allylic oxidation sites excluding steroid dienone is 3. The van der Waals surface area contributed by atoms with Gasteiger partial charge in [0.15, 0.2) is 6.23 Å². The molecule has 0 amide bonds. The van der Waals surface area contributed by atoms with Crippen LogP contribution in [0.25, 0.3) is 0 Å². The Balaban J connectivity index is 3.50. The average molecular weight is 344 g/mol. The summed E-state index contributed by atoms with van der Waals surface area (Å²) in [5.41, 5.74) is 5.07. The van der Waals surface area contributed by atoms with Crippen LogP contribution in [0.1, 0.15) is 57.2 Å². The number of hydrogen-bond donors (Lipinski definition) is 1. The van der Waals surface area contributed by atoms with Gasteiger partial charge in [0.05, 0.1) is 12.3 Å². The van der Waals surface area contributed by atoms with Crippen molar-refractivity contribution < 1.29 is 9.84 Å². The zero-order valence-electron chi connectivity index (χ0n) is 16.8. The maximum absolute atomic E-state index is 9.52. The fourth-order valence-corrected chi connectivity index (χ4v) is 2.45. The molecular formula is C22H33NO2. The van der Waals surface area contributed by atoms with Crippen LogP contribution in [0, 0.1) is 12.3 Å². The van der Waals surface area contributed by atoms with Crippen LogP contribution in [0.4, 0.5) is 0 Å². The summed E-state index contributed by atoms with van der Waals surface area (Å²) < 4.78 is 5.27. The molecule has 0 radical (unpaired) electrons. The molecule has 1 atom stereocenters. The van der Waals surface area contributed by atoms with E-state index in [2.05, 4.69) is 77.4 Å². The van der Waals surface area contributed by atoms with Crippen molar-refractivity contribution >= 4 is 5.71 Å². The van der Waals surface area contributed by atoms with Crippen LogP contribution >= 0.6 is 0 Å². The Morgan fingerprint density at radius 1 is 1.32 bits per heavy atom. The van der Waals surface area contributed by atoms with E-state index in [-0.39, 0.29) is 12.0 Å². The molecule has 138 valence electrons. The Bertz CT molecular complexity index is 644. The Kier molecular flexibility index (Phi) is 7.78. The van der Waals surface area contributed by atoms with E-state index < -0.39 is 6.23 Å². The average Bonchev–Trinajstić information content (AvgIpc) is 2.52. The van der Waals surface area contributed by atoms with Gasteiger partial charge in [-0.3, -0.25) is 4.99 Å². The minimum atomic E-state index is -0.602. The van der Waals surface area contributed by atoms with Gasteiger partial charge in [0, 0.05) is 12.7 Å². The third-order valence-corrected chi connectivity index (χ3v) is 3.88. The van der Waals surface area contributed by atoms with E-state index in [4.69, 9.17) is 4.74 Å². The van der Waals surface area contributed by atoms with Crippen molar-refractivity contribution in [3.05, 3.63) is 59.2 Å². The van der Waals surface area contributed by atoms with Crippen molar-refractivity contribution in [2.24, 2.45) is 10.4 Å². The minimum absolute atomic E-state index is 0.0547. The number of methoxy groups -OCH3 is 1. The maximum atomic E-state index is 9.52. The highest BCUT2D eigenvalue weighted by Crippen LogP contribution is 2.25. The Hall–Kier alpha value is -1.71. The van der Waals surface area contributed by atoms with E-state index in [1.165, 1.54) is 5.56 Å². The first kappa shape index (κ1) is 21.3. The maximum Gasteiger partial charge on any atom is 0.171 e. The highest BCUT2D eigenvalue weighted by molar-refractivity contribution is 6.15. The van der Waals surface area contributed by atoms with Crippen molar-refractivity contribution in [1.82, 2.24) is 0 Å². The van der Waals surface area contributed by atoms with Crippen LogP contribution in [0.5, 0.6) is 0 Å². The predicted octanol–water partition coefficient (Wildman–Crippen LogP) is 5.03. The normalized spacial score (nSPS) is 14.4. The van der Waals surface area contributed by atoms with Crippen molar-refractivity contribution in [2.45, 2.75) is 53.7 Å². The number of aliphatic imine (C=N–C) groups is 1. The van der Waals surface area contributed by atoms with Gasteiger partial charge in [0.1, 0.15) is 0 Å². The van der Waals surface area contributed by atoms with Gasteiger partial charge in [-0.2, -0.15) is 0 Å². The number of aryl methyl sites for hydroxylation is 1. The molecule has 0 fully saturated rings. The fraction of sp³-hybridized carbons (Fsp3) is 0.500. The summed E-state index contributed by atoms with van der Waals surface area (Å²) in [5, 5.41) is 9.52. The second-order valence-corrected chi connectivity index (χ2v) is 7.82. The van der Waals surface area contributed by atoms with Crippen LogP contribution in [0.2, 0.25) is 0 Å². The molecule has 0 aliphatic heterocycles. The second kappa shape index (κ2) is 9.12. The van der Waals surface area contributed by atoms with Crippen LogP contribution in [-0.4, -0.2) is 30.8 Å².